The minimum absolute atomic E-state index is 0.0834. The second kappa shape index (κ2) is 8.02. The molecule has 0 unspecified atom stereocenters. The molecule has 1 aliphatic heterocycles. The first-order valence-corrected chi connectivity index (χ1v) is 8.66. The van der Waals surface area contributed by atoms with E-state index in [1.807, 2.05) is 18.7 Å². The second-order valence-corrected chi connectivity index (χ2v) is 7.17. The molecule has 2 rings (SSSR count). The number of nitrogens with one attached hydrogen (secondary N) is 1. The van der Waals surface area contributed by atoms with Crippen molar-refractivity contribution in [3.8, 4) is 0 Å². The molecule has 126 valence electrons. The Labute approximate surface area is 147 Å². The van der Waals surface area contributed by atoms with Crippen molar-refractivity contribution in [3.63, 3.8) is 0 Å². The number of amides is 2. The Bertz CT molecular complexity index is 582. The Balaban J connectivity index is 1.85. The van der Waals surface area contributed by atoms with Crippen molar-refractivity contribution in [2.45, 2.75) is 39.2 Å². The molecule has 1 fully saturated rings. The highest BCUT2D eigenvalue weighted by molar-refractivity contribution is 6.42. The first kappa shape index (κ1) is 18.1. The number of benzene rings is 1. The molecule has 1 N–H and O–H groups in total. The third-order valence-electron chi connectivity index (χ3n) is 3.95. The van der Waals surface area contributed by atoms with Gasteiger partial charge in [-0.15, -0.1) is 0 Å². The van der Waals surface area contributed by atoms with Crippen LogP contribution in [0.1, 0.15) is 43.5 Å². The van der Waals surface area contributed by atoms with Gasteiger partial charge in [-0.2, -0.15) is 0 Å². The van der Waals surface area contributed by atoms with E-state index in [-0.39, 0.29) is 17.9 Å². The molecule has 0 aliphatic carbocycles. The predicted molar refractivity (Wildman–Crippen MR) is 93.0 cm³/mol. The normalized spacial score (nSPS) is 15.8. The second-order valence-electron chi connectivity index (χ2n) is 6.36. The zero-order valence-electron chi connectivity index (χ0n) is 13.4. The van der Waals surface area contributed by atoms with E-state index >= 15 is 0 Å². The molecule has 23 heavy (non-hydrogen) atoms. The summed E-state index contributed by atoms with van der Waals surface area (Å²) in [7, 11) is 0. The molecule has 1 aromatic carbocycles. The van der Waals surface area contributed by atoms with Crippen LogP contribution in [-0.4, -0.2) is 35.8 Å². The average Bonchev–Trinajstić information content (AvgIpc) is 2.50. The van der Waals surface area contributed by atoms with Crippen LogP contribution >= 0.6 is 23.2 Å². The first-order chi connectivity index (χ1) is 10.9. The van der Waals surface area contributed by atoms with Crippen LogP contribution in [0.3, 0.4) is 0 Å². The van der Waals surface area contributed by atoms with Gasteiger partial charge in [-0.25, -0.2) is 0 Å². The molecular formula is C17H22Cl2N2O2. The van der Waals surface area contributed by atoms with Crippen LogP contribution in [0, 0.1) is 5.92 Å². The number of piperidine rings is 1. The topological polar surface area (TPSA) is 49.4 Å². The number of halogens is 2. The molecule has 2 amide bonds. The minimum atomic E-state index is -0.157. The third kappa shape index (κ3) is 5.11. The molecular weight excluding hydrogens is 335 g/mol. The van der Waals surface area contributed by atoms with Crippen LogP contribution in [0.5, 0.6) is 0 Å². The van der Waals surface area contributed by atoms with Crippen molar-refractivity contribution in [1.29, 1.82) is 0 Å². The van der Waals surface area contributed by atoms with Gasteiger partial charge in [0.1, 0.15) is 0 Å². The highest BCUT2D eigenvalue weighted by Crippen LogP contribution is 2.23. The number of carbonyl (C=O) groups excluding carboxylic acids is 2. The van der Waals surface area contributed by atoms with Crippen molar-refractivity contribution >= 4 is 35.0 Å². The van der Waals surface area contributed by atoms with E-state index in [1.54, 1.807) is 18.2 Å². The van der Waals surface area contributed by atoms with E-state index in [0.29, 0.717) is 41.0 Å². The number of likely N-dealkylation sites (tertiary alicyclic amines) is 1. The maximum atomic E-state index is 12.2. The fourth-order valence-corrected chi connectivity index (χ4v) is 2.96. The smallest absolute Gasteiger partial charge is 0.251 e. The Morgan fingerprint density at radius 1 is 1.22 bits per heavy atom. The SMILES string of the molecule is CC(C)CC(=O)N1CCC(NC(=O)c2ccc(Cl)c(Cl)c2)CC1. The fraction of sp³-hybridized carbons (Fsp3) is 0.529. The van der Waals surface area contributed by atoms with Gasteiger partial charge in [0.25, 0.3) is 5.91 Å². The van der Waals surface area contributed by atoms with Gasteiger partial charge in [-0.1, -0.05) is 37.0 Å². The lowest BCUT2D eigenvalue weighted by Gasteiger charge is -2.32. The van der Waals surface area contributed by atoms with Crippen LogP contribution in [0.15, 0.2) is 18.2 Å². The number of rotatable bonds is 4. The molecule has 1 heterocycles. The van der Waals surface area contributed by atoms with Crippen LogP contribution in [0.4, 0.5) is 0 Å². The Hall–Kier alpha value is -1.26. The fourth-order valence-electron chi connectivity index (χ4n) is 2.66. The molecule has 6 heteroatoms. The Morgan fingerprint density at radius 2 is 1.87 bits per heavy atom. The number of hydrogen-bond acceptors (Lipinski definition) is 2. The Kier molecular flexibility index (Phi) is 6.31. The molecule has 0 spiro atoms. The minimum Gasteiger partial charge on any atom is -0.349 e. The summed E-state index contributed by atoms with van der Waals surface area (Å²) in [5, 5.41) is 3.80. The van der Waals surface area contributed by atoms with Gasteiger partial charge in [0.15, 0.2) is 0 Å². The third-order valence-corrected chi connectivity index (χ3v) is 4.69. The van der Waals surface area contributed by atoms with Crippen LogP contribution in [0.25, 0.3) is 0 Å². The molecule has 0 atom stereocenters. The van der Waals surface area contributed by atoms with E-state index in [4.69, 9.17) is 23.2 Å². The van der Waals surface area contributed by atoms with Crippen molar-refractivity contribution in [3.05, 3.63) is 33.8 Å². The quantitative estimate of drug-likeness (QED) is 0.892. The van der Waals surface area contributed by atoms with Gasteiger partial charge in [-0.05, 0) is 37.0 Å². The van der Waals surface area contributed by atoms with Crippen LogP contribution in [-0.2, 0) is 4.79 Å². The monoisotopic (exact) mass is 356 g/mol. The summed E-state index contributed by atoms with van der Waals surface area (Å²) in [5.74, 6) is 0.416. The summed E-state index contributed by atoms with van der Waals surface area (Å²) in [4.78, 5) is 26.2. The molecule has 1 aliphatic rings. The summed E-state index contributed by atoms with van der Waals surface area (Å²) < 4.78 is 0. The maximum Gasteiger partial charge on any atom is 0.251 e. The zero-order chi connectivity index (χ0) is 17.0. The maximum absolute atomic E-state index is 12.2. The molecule has 1 saturated heterocycles. The van der Waals surface area contributed by atoms with Gasteiger partial charge < -0.3 is 10.2 Å². The number of carbonyl (C=O) groups is 2. The van der Waals surface area contributed by atoms with Gasteiger partial charge >= 0.3 is 0 Å². The highest BCUT2D eigenvalue weighted by atomic mass is 35.5. The van der Waals surface area contributed by atoms with Crippen molar-refractivity contribution < 1.29 is 9.59 Å². The van der Waals surface area contributed by atoms with Gasteiger partial charge in [0, 0.05) is 31.1 Å². The van der Waals surface area contributed by atoms with E-state index < -0.39 is 0 Å². The lowest BCUT2D eigenvalue weighted by Crippen LogP contribution is -2.46. The van der Waals surface area contributed by atoms with Gasteiger partial charge in [0.05, 0.1) is 10.0 Å². The molecule has 4 nitrogen and oxygen atoms in total. The lowest BCUT2D eigenvalue weighted by atomic mass is 10.0. The molecule has 0 bridgehead atoms. The first-order valence-electron chi connectivity index (χ1n) is 7.90. The standard InChI is InChI=1S/C17H22Cl2N2O2/c1-11(2)9-16(22)21-7-5-13(6-8-21)20-17(23)12-3-4-14(18)15(19)10-12/h3-4,10-11,13H,5-9H2,1-2H3,(H,20,23). The highest BCUT2D eigenvalue weighted by Gasteiger charge is 2.24. The van der Waals surface area contributed by atoms with Crippen molar-refractivity contribution in [2.24, 2.45) is 5.92 Å². The summed E-state index contributed by atoms with van der Waals surface area (Å²) in [6, 6.07) is 4.93. The van der Waals surface area contributed by atoms with Crippen LogP contribution < -0.4 is 5.32 Å². The average molecular weight is 357 g/mol. The molecule has 1 aromatic rings. The number of nitrogens with zero attached hydrogens (tertiary/aromatic N) is 1. The Morgan fingerprint density at radius 3 is 2.43 bits per heavy atom. The van der Waals surface area contributed by atoms with E-state index in [0.717, 1.165) is 12.8 Å². The zero-order valence-corrected chi connectivity index (χ0v) is 15.0. The van der Waals surface area contributed by atoms with E-state index in [9.17, 15) is 9.59 Å². The van der Waals surface area contributed by atoms with Crippen molar-refractivity contribution in [1.82, 2.24) is 10.2 Å². The summed E-state index contributed by atoms with van der Waals surface area (Å²) in [6.07, 6.45) is 2.13. The van der Waals surface area contributed by atoms with Gasteiger partial charge in [0.2, 0.25) is 5.91 Å². The number of hydrogen-bond donors (Lipinski definition) is 1. The summed E-state index contributed by atoms with van der Waals surface area (Å²) in [5.41, 5.74) is 0.498. The largest absolute Gasteiger partial charge is 0.349 e. The van der Waals surface area contributed by atoms with E-state index in [2.05, 4.69) is 5.32 Å². The van der Waals surface area contributed by atoms with Crippen LogP contribution in [0.2, 0.25) is 10.0 Å². The molecule has 0 aromatic heterocycles. The van der Waals surface area contributed by atoms with Crippen molar-refractivity contribution in [2.75, 3.05) is 13.1 Å². The summed E-state index contributed by atoms with van der Waals surface area (Å²) >= 11 is 11.8. The molecule has 0 saturated carbocycles. The predicted octanol–water partition coefficient (Wildman–Crippen LogP) is 3.76. The molecule has 0 radical (unpaired) electrons. The van der Waals surface area contributed by atoms with Gasteiger partial charge in [-0.3, -0.25) is 9.59 Å². The summed E-state index contributed by atoms with van der Waals surface area (Å²) in [6.45, 7) is 5.47. The lowest BCUT2D eigenvalue weighted by molar-refractivity contribution is -0.133. The van der Waals surface area contributed by atoms with E-state index in [1.165, 1.54) is 0 Å².